The van der Waals surface area contributed by atoms with Crippen LogP contribution in [0.2, 0.25) is 0 Å². The number of hydrogen-bond acceptors (Lipinski definition) is 6. The van der Waals surface area contributed by atoms with Crippen molar-refractivity contribution in [3.8, 4) is 0 Å². The minimum atomic E-state index is -0.184. The first kappa shape index (κ1) is 21.1. The fourth-order valence-electron chi connectivity index (χ4n) is 5.35. The Morgan fingerprint density at radius 1 is 1.28 bits per heavy atom. The summed E-state index contributed by atoms with van der Waals surface area (Å²) < 4.78 is 1.95. The van der Waals surface area contributed by atoms with Crippen molar-refractivity contribution in [2.75, 3.05) is 38.1 Å². The third-order valence-corrected chi connectivity index (χ3v) is 7.67. The summed E-state index contributed by atoms with van der Waals surface area (Å²) in [7, 11) is 2.16. The van der Waals surface area contributed by atoms with Crippen molar-refractivity contribution in [2.45, 2.75) is 44.6 Å². The summed E-state index contributed by atoms with van der Waals surface area (Å²) in [5.74, 6) is 1.28. The van der Waals surface area contributed by atoms with Gasteiger partial charge in [0.15, 0.2) is 5.65 Å². The van der Waals surface area contributed by atoms with Crippen LogP contribution in [0.1, 0.15) is 36.9 Å². The topological polar surface area (TPSA) is 89.6 Å². The number of nitrogens with one attached hydrogen (secondary N) is 2. The molecule has 32 heavy (non-hydrogen) atoms. The van der Waals surface area contributed by atoms with Crippen LogP contribution >= 0.6 is 0 Å². The minimum Gasteiger partial charge on any atom is -0.354 e. The summed E-state index contributed by atoms with van der Waals surface area (Å²) in [6.45, 7) is 7.36. The summed E-state index contributed by atoms with van der Waals surface area (Å²) in [4.78, 5) is 22.5. The quantitative estimate of drug-likeness (QED) is 0.554. The second kappa shape index (κ2) is 8.31. The molecule has 0 spiro atoms. The number of nitrogens with zero attached hydrogens (tertiary/aromatic N) is 5. The number of rotatable bonds is 5. The van der Waals surface area contributed by atoms with Gasteiger partial charge in [0.05, 0.1) is 17.8 Å². The van der Waals surface area contributed by atoms with Crippen LogP contribution in [0, 0.1) is 16.7 Å². The van der Waals surface area contributed by atoms with E-state index in [9.17, 15) is 4.79 Å². The highest BCUT2D eigenvalue weighted by Crippen LogP contribution is 2.36. The standard InChI is InChI=1S/C24H33N7O/c1-3-24(16-25)9-4-18(5-10-24)27-22(32)17-14-30(15-17)23-19-7-12-29(2)13-8-20(19)28-21-6-11-26-31(21)23/h3,6,11,16-18,25H,1,4-5,7-10,12-15H2,2H3,(H,27,32). The fraction of sp³-hybridized carbons (Fsp3) is 0.583. The van der Waals surface area contributed by atoms with Gasteiger partial charge in [0, 0.05) is 61.9 Å². The summed E-state index contributed by atoms with van der Waals surface area (Å²) in [5.41, 5.74) is 3.15. The van der Waals surface area contributed by atoms with Crippen molar-refractivity contribution in [3.05, 3.63) is 36.2 Å². The molecule has 0 unspecified atom stereocenters. The minimum absolute atomic E-state index is 0.00621. The van der Waals surface area contributed by atoms with E-state index >= 15 is 0 Å². The van der Waals surface area contributed by atoms with Crippen molar-refractivity contribution < 1.29 is 4.79 Å². The molecular formula is C24H33N7O. The van der Waals surface area contributed by atoms with Crippen molar-refractivity contribution >= 4 is 23.6 Å². The van der Waals surface area contributed by atoms with Crippen molar-refractivity contribution in [3.63, 3.8) is 0 Å². The normalized spacial score (nSPS) is 26.8. The Kier molecular flexibility index (Phi) is 5.49. The molecule has 2 aromatic heterocycles. The summed E-state index contributed by atoms with van der Waals surface area (Å²) in [6.07, 6.45) is 10.7. The summed E-state index contributed by atoms with van der Waals surface area (Å²) >= 11 is 0. The number of carbonyl (C=O) groups excluding carboxylic acids is 1. The molecule has 0 radical (unpaired) electrons. The van der Waals surface area contributed by atoms with Crippen LogP contribution in [0.4, 0.5) is 5.82 Å². The van der Waals surface area contributed by atoms with E-state index in [0.29, 0.717) is 0 Å². The predicted octanol–water partition coefficient (Wildman–Crippen LogP) is 2.08. The Labute approximate surface area is 189 Å². The van der Waals surface area contributed by atoms with E-state index in [1.54, 1.807) is 0 Å². The zero-order valence-electron chi connectivity index (χ0n) is 18.9. The maximum absolute atomic E-state index is 12.9. The lowest BCUT2D eigenvalue weighted by Crippen LogP contribution is -2.56. The molecule has 1 saturated heterocycles. The maximum Gasteiger partial charge on any atom is 0.226 e. The largest absolute Gasteiger partial charge is 0.354 e. The van der Waals surface area contributed by atoms with Gasteiger partial charge in [0.2, 0.25) is 5.91 Å². The average Bonchev–Trinajstić information content (AvgIpc) is 3.16. The van der Waals surface area contributed by atoms with Crippen molar-refractivity contribution in [1.29, 1.82) is 5.41 Å². The van der Waals surface area contributed by atoms with Gasteiger partial charge in [-0.2, -0.15) is 9.61 Å². The van der Waals surface area contributed by atoms with E-state index in [1.165, 1.54) is 17.5 Å². The molecule has 0 aromatic carbocycles. The van der Waals surface area contributed by atoms with Gasteiger partial charge in [-0.05, 0) is 39.2 Å². The SMILES string of the molecule is C=CC1(C=N)CCC(NC(=O)C2CN(c3c4c(nc5ccnn35)CCN(C)CC4)C2)CC1. The Hall–Kier alpha value is -2.74. The van der Waals surface area contributed by atoms with E-state index in [2.05, 4.69) is 33.8 Å². The van der Waals surface area contributed by atoms with E-state index in [1.807, 2.05) is 22.9 Å². The molecular weight excluding hydrogens is 402 g/mol. The van der Waals surface area contributed by atoms with Gasteiger partial charge in [0.25, 0.3) is 0 Å². The zero-order valence-corrected chi connectivity index (χ0v) is 18.9. The van der Waals surface area contributed by atoms with Gasteiger partial charge in [-0.15, -0.1) is 6.58 Å². The zero-order chi connectivity index (χ0) is 22.3. The molecule has 170 valence electrons. The Bertz CT molecular complexity index is 1020. The Balaban J connectivity index is 1.26. The maximum atomic E-state index is 12.9. The molecule has 8 nitrogen and oxygen atoms in total. The average molecular weight is 436 g/mol. The lowest BCUT2D eigenvalue weighted by molar-refractivity contribution is -0.126. The fourth-order valence-corrected chi connectivity index (χ4v) is 5.35. The smallest absolute Gasteiger partial charge is 0.226 e. The van der Waals surface area contributed by atoms with E-state index in [4.69, 9.17) is 10.4 Å². The highest BCUT2D eigenvalue weighted by Gasteiger charge is 2.38. The Morgan fingerprint density at radius 3 is 2.75 bits per heavy atom. The molecule has 8 heteroatoms. The second-order valence-corrected chi connectivity index (χ2v) is 9.73. The van der Waals surface area contributed by atoms with Crippen molar-refractivity contribution in [2.24, 2.45) is 11.3 Å². The summed E-state index contributed by atoms with van der Waals surface area (Å²) in [6, 6.07) is 2.17. The van der Waals surface area contributed by atoms with Crippen LogP contribution in [0.15, 0.2) is 24.9 Å². The molecule has 3 aliphatic rings. The number of allylic oxidation sites excluding steroid dienone is 1. The van der Waals surface area contributed by atoms with Crippen LogP contribution in [-0.4, -0.2) is 70.9 Å². The number of fused-ring (bicyclic) bond motifs is 2. The van der Waals surface area contributed by atoms with Crippen LogP contribution in [-0.2, 0) is 17.6 Å². The number of anilines is 1. The van der Waals surface area contributed by atoms with E-state index < -0.39 is 0 Å². The first-order valence-corrected chi connectivity index (χ1v) is 11.8. The molecule has 5 rings (SSSR count). The molecule has 0 atom stereocenters. The van der Waals surface area contributed by atoms with Gasteiger partial charge in [-0.25, -0.2) is 4.98 Å². The van der Waals surface area contributed by atoms with E-state index in [0.717, 1.165) is 76.2 Å². The molecule has 2 N–H and O–H groups in total. The summed E-state index contributed by atoms with van der Waals surface area (Å²) in [5, 5.41) is 15.5. The monoisotopic (exact) mass is 435 g/mol. The van der Waals surface area contributed by atoms with Gasteiger partial charge in [0.1, 0.15) is 5.82 Å². The highest BCUT2D eigenvalue weighted by molar-refractivity contribution is 5.82. The molecule has 1 saturated carbocycles. The molecule has 1 amide bonds. The van der Waals surface area contributed by atoms with Gasteiger partial charge in [-0.1, -0.05) is 6.08 Å². The number of likely N-dealkylation sites (N-methyl/N-ethyl adjacent to an activating group) is 1. The third kappa shape index (κ3) is 3.70. The first-order chi connectivity index (χ1) is 15.5. The number of aromatic nitrogens is 3. The number of carbonyl (C=O) groups is 1. The number of hydrogen-bond donors (Lipinski definition) is 2. The number of amides is 1. The molecule has 2 aromatic rings. The lowest BCUT2D eigenvalue weighted by Gasteiger charge is -2.42. The molecule has 4 heterocycles. The van der Waals surface area contributed by atoms with Crippen LogP contribution in [0.25, 0.3) is 5.65 Å². The predicted molar refractivity (Wildman–Crippen MR) is 125 cm³/mol. The molecule has 1 aliphatic carbocycles. The van der Waals surface area contributed by atoms with Crippen LogP contribution < -0.4 is 10.2 Å². The van der Waals surface area contributed by atoms with E-state index in [-0.39, 0.29) is 23.3 Å². The van der Waals surface area contributed by atoms with Crippen LogP contribution in [0.3, 0.4) is 0 Å². The Morgan fingerprint density at radius 2 is 2.03 bits per heavy atom. The highest BCUT2D eigenvalue weighted by atomic mass is 16.2. The molecule has 2 fully saturated rings. The first-order valence-electron chi connectivity index (χ1n) is 11.8. The van der Waals surface area contributed by atoms with Crippen LogP contribution in [0.5, 0.6) is 0 Å². The van der Waals surface area contributed by atoms with Gasteiger partial charge >= 0.3 is 0 Å². The lowest BCUT2D eigenvalue weighted by atomic mass is 9.73. The van der Waals surface area contributed by atoms with Gasteiger partial charge < -0.3 is 20.5 Å². The van der Waals surface area contributed by atoms with Crippen molar-refractivity contribution in [1.82, 2.24) is 24.8 Å². The second-order valence-electron chi connectivity index (χ2n) is 9.73. The molecule has 0 bridgehead atoms. The van der Waals surface area contributed by atoms with Gasteiger partial charge in [-0.3, -0.25) is 4.79 Å². The molecule has 2 aliphatic heterocycles. The third-order valence-electron chi connectivity index (χ3n) is 7.67.